The molecule has 0 radical (unpaired) electrons. The van der Waals surface area contributed by atoms with Crippen LogP contribution in [0.15, 0.2) is 35.8 Å². The molecule has 3 rings (SSSR count). The monoisotopic (exact) mass is 374 g/mol. The molecule has 1 fully saturated rings. The largest absolute Gasteiger partial charge is 0.450 e. The molecule has 0 spiro atoms. The summed E-state index contributed by atoms with van der Waals surface area (Å²) in [6, 6.07) is 7.57. The molecule has 3 heterocycles. The van der Waals surface area contributed by atoms with Gasteiger partial charge < -0.3 is 20.3 Å². The molecule has 0 bridgehead atoms. The van der Waals surface area contributed by atoms with Gasteiger partial charge in [0.1, 0.15) is 5.82 Å². The number of rotatable bonds is 5. The first-order chi connectivity index (χ1) is 12.7. The van der Waals surface area contributed by atoms with Crippen LogP contribution < -0.4 is 10.6 Å². The minimum Gasteiger partial charge on any atom is -0.450 e. The van der Waals surface area contributed by atoms with Crippen molar-refractivity contribution in [3.8, 4) is 0 Å². The van der Waals surface area contributed by atoms with E-state index in [0.717, 1.165) is 18.7 Å². The quantitative estimate of drug-likeness (QED) is 0.838. The summed E-state index contributed by atoms with van der Waals surface area (Å²) in [5.41, 5.74) is 0.658. The second-order valence-electron chi connectivity index (χ2n) is 5.97. The van der Waals surface area contributed by atoms with Crippen LogP contribution >= 0.6 is 11.3 Å². The Hall–Kier alpha value is -2.61. The molecule has 0 aliphatic carbocycles. The van der Waals surface area contributed by atoms with E-state index in [1.807, 2.05) is 30.5 Å². The summed E-state index contributed by atoms with van der Waals surface area (Å²) >= 11 is 1.40. The van der Waals surface area contributed by atoms with Crippen molar-refractivity contribution in [3.63, 3.8) is 0 Å². The van der Waals surface area contributed by atoms with Gasteiger partial charge in [0.05, 0.1) is 23.4 Å². The number of carbonyl (C=O) groups is 2. The van der Waals surface area contributed by atoms with E-state index in [2.05, 4.69) is 15.6 Å². The van der Waals surface area contributed by atoms with Crippen LogP contribution in [0, 0.1) is 0 Å². The van der Waals surface area contributed by atoms with Gasteiger partial charge in [-0.1, -0.05) is 6.07 Å². The van der Waals surface area contributed by atoms with E-state index < -0.39 is 0 Å². The molecule has 2 aromatic rings. The summed E-state index contributed by atoms with van der Waals surface area (Å²) in [4.78, 5) is 30.5. The first-order valence-electron chi connectivity index (χ1n) is 8.65. The number of nitrogens with one attached hydrogen (secondary N) is 2. The summed E-state index contributed by atoms with van der Waals surface area (Å²) in [6.45, 7) is 3.55. The molecule has 2 aromatic heterocycles. The molecule has 7 nitrogen and oxygen atoms in total. The molecule has 0 unspecified atom stereocenters. The number of hydrogen-bond acceptors (Lipinski definition) is 6. The molecule has 0 aromatic carbocycles. The van der Waals surface area contributed by atoms with Crippen molar-refractivity contribution in [3.05, 3.63) is 40.7 Å². The topological polar surface area (TPSA) is 83.6 Å². The maximum atomic E-state index is 12.0. The van der Waals surface area contributed by atoms with Crippen molar-refractivity contribution in [2.75, 3.05) is 30.3 Å². The van der Waals surface area contributed by atoms with Crippen LogP contribution in [-0.2, 0) is 4.74 Å². The van der Waals surface area contributed by atoms with Gasteiger partial charge in [-0.25, -0.2) is 9.78 Å². The van der Waals surface area contributed by atoms with Crippen LogP contribution in [0.4, 0.5) is 16.3 Å². The van der Waals surface area contributed by atoms with Gasteiger partial charge in [0.2, 0.25) is 0 Å². The highest BCUT2D eigenvalue weighted by Gasteiger charge is 2.23. The zero-order chi connectivity index (χ0) is 18.4. The lowest BCUT2D eigenvalue weighted by atomic mass is 10.1. The Balaban J connectivity index is 1.48. The number of piperidine rings is 1. The number of pyridine rings is 1. The number of nitrogens with zero attached hydrogens (tertiary/aromatic N) is 2. The van der Waals surface area contributed by atoms with Gasteiger partial charge in [0.25, 0.3) is 5.91 Å². The third kappa shape index (κ3) is 4.72. The summed E-state index contributed by atoms with van der Waals surface area (Å²) in [5, 5.41) is 8.08. The Kier molecular flexibility index (Phi) is 6.06. The lowest BCUT2D eigenvalue weighted by Gasteiger charge is -2.31. The van der Waals surface area contributed by atoms with Gasteiger partial charge in [-0.2, -0.15) is 0 Å². The zero-order valence-electron chi connectivity index (χ0n) is 14.6. The second-order valence-corrected chi connectivity index (χ2v) is 6.92. The molecule has 138 valence electrons. The number of hydrogen-bond donors (Lipinski definition) is 2. The normalized spacial score (nSPS) is 14.7. The fraction of sp³-hybridized carbons (Fsp3) is 0.389. The van der Waals surface area contributed by atoms with Gasteiger partial charge in [-0.3, -0.25) is 4.79 Å². The molecule has 2 N–H and O–H groups in total. The van der Waals surface area contributed by atoms with Crippen LogP contribution in [0.5, 0.6) is 0 Å². The van der Waals surface area contributed by atoms with Crippen molar-refractivity contribution in [2.45, 2.75) is 25.8 Å². The van der Waals surface area contributed by atoms with Gasteiger partial charge in [0.15, 0.2) is 0 Å². The van der Waals surface area contributed by atoms with Crippen LogP contribution in [0.1, 0.15) is 29.4 Å². The predicted octanol–water partition coefficient (Wildman–Crippen LogP) is 3.43. The molecule has 0 atom stereocenters. The third-order valence-corrected chi connectivity index (χ3v) is 5.01. The van der Waals surface area contributed by atoms with E-state index in [1.165, 1.54) is 11.3 Å². The van der Waals surface area contributed by atoms with Crippen LogP contribution in [0.25, 0.3) is 0 Å². The Morgan fingerprint density at radius 3 is 2.73 bits per heavy atom. The minimum atomic E-state index is -0.241. The van der Waals surface area contributed by atoms with Crippen LogP contribution in [0.3, 0.4) is 0 Å². The first-order valence-corrected chi connectivity index (χ1v) is 9.53. The molecule has 0 saturated carbocycles. The van der Waals surface area contributed by atoms with E-state index in [1.54, 1.807) is 17.2 Å². The fourth-order valence-corrected chi connectivity index (χ4v) is 3.40. The second kappa shape index (κ2) is 8.66. The average Bonchev–Trinajstić information content (AvgIpc) is 3.19. The van der Waals surface area contributed by atoms with E-state index in [9.17, 15) is 9.59 Å². The minimum absolute atomic E-state index is 0.131. The summed E-state index contributed by atoms with van der Waals surface area (Å²) in [6.07, 6.45) is 3.09. The Bertz CT molecular complexity index is 725. The maximum Gasteiger partial charge on any atom is 0.409 e. The highest BCUT2D eigenvalue weighted by Crippen LogP contribution is 2.18. The highest BCUT2D eigenvalue weighted by molar-refractivity contribution is 7.12. The Morgan fingerprint density at radius 2 is 2.12 bits per heavy atom. The lowest BCUT2D eigenvalue weighted by Crippen LogP contribution is -2.42. The van der Waals surface area contributed by atoms with E-state index in [0.29, 0.717) is 30.3 Å². The number of anilines is 2. The standard InChI is InChI=1S/C18H22N4O3S/c1-2-25-18(24)22-9-7-13(8-10-22)20-16-6-5-14(12-19-16)21-17(23)15-4-3-11-26-15/h3-6,11-13H,2,7-10H2,1H3,(H,19,20)(H,21,23). The van der Waals surface area contributed by atoms with Gasteiger partial charge >= 0.3 is 6.09 Å². The number of ether oxygens (including phenoxy) is 1. The molecule has 26 heavy (non-hydrogen) atoms. The number of thiophene rings is 1. The van der Waals surface area contributed by atoms with Gasteiger partial charge in [-0.15, -0.1) is 11.3 Å². The number of amides is 2. The van der Waals surface area contributed by atoms with Crippen molar-refractivity contribution < 1.29 is 14.3 Å². The molecule has 1 saturated heterocycles. The molecule has 1 aliphatic rings. The van der Waals surface area contributed by atoms with Crippen molar-refractivity contribution >= 4 is 34.8 Å². The molecule has 2 amide bonds. The highest BCUT2D eigenvalue weighted by atomic mass is 32.1. The number of carbonyl (C=O) groups excluding carboxylic acids is 2. The first kappa shape index (κ1) is 18.2. The van der Waals surface area contributed by atoms with Crippen LogP contribution in [0.2, 0.25) is 0 Å². The SMILES string of the molecule is CCOC(=O)N1CCC(Nc2ccc(NC(=O)c3cccs3)cn2)CC1. The van der Waals surface area contributed by atoms with Crippen LogP contribution in [-0.4, -0.2) is 47.6 Å². The van der Waals surface area contributed by atoms with Gasteiger partial charge in [0, 0.05) is 19.1 Å². The summed E-state index contributed by atoms with van der Waals surface area (Å²) < 4.78 is 5.03. The Morgan fingerprint density at radius 1 is 1.31 bits per heavy atom. The summed E-state index contributed by atoms with van der Waals surface area (Å²) in [7, 11) is 0. The maximum absolute atomic E-state index is 12.0. The fourth-order valence-electron chi connectivity index (χ4n) is 2.78. The number of likely N-dealkylation sites (tertiary alicyclic amines) is 1. The smallest absolute Gasteiger partial charge is 0.409 e. The van der Waals surface area contributed by atoms with Crippen molar-refractivity contribution in [1.29, 1.82) is 0 Å². The number of aromatic nitrogens is 1. The molecular formula is C18H22N4O3S. The average molecular weight is 374 g/mol. The van der Waals surface area contributed by atoms with E-state index >= 15 is 0 Å². The van der Waals surface area contributed by atoms with E-state index in [4.69, 9.17) is 4.74 Å². The van der Waals surface area contributed by atoms with Crippen molar-refractivity contribution in [1.82, 2.24) is 9.88 Å². The molecular weight excluding hydrogens is 352 g/mol. The predicted molar refractivity (Wildman–Crippen MR) is 102 cm³/mol. The zero-order valence-corrected chi connectivity index (χ0v) is 15.4. The van der Waals surface area contributed by atoms with Crippen molar-refractivity contribution in [2.24, 2.45) is 0 Å². The van der Waals surface area contributed by atoms with E-state index in [-0.39, 0.29) is 18.0 Å². The summed E-state index contributed by atoms with van der Waals surface area (Å²) in [5.74, 6) is 0.627. The molecule has 1 aliphatic heterocycles. The van der Waals surface area contributed by atoms with Gasteiger partial charge in [-0.05, 0) is 43.3 Å². The Labute approximate surface area is 156 Å². The third-order valence-electron chi connectivity index (χ3n) is 4.14. The molecule has 8 heteroatoms. The lowest BCUT2D eigenvalue weighted by molar-refractivity contribution is 0.0981.